The maximum absolute atomic E-state index is 13.4. The molecule has 0 bridgehead atoms. The SMILES string of the molecule is CNC(=O)C(C)CN(C)CC(=O)c1ccccc1F. The fourth-order valence-electron chi connectivity index (χ4n) is 1.88. The summed E-state index contributed by atoms with van der Waals surface area (Å²) in [5.41, 5.74) is 0.0851. The molecule has 0 heterocycles. The van der Waals surface area contributed by atoms with Crippen LogP contribution in [0.2, 0.25) is 0 Å². The van der Waals surface area contributed by atoms with Crippen molar-refractivity contribution in [3.05, 3.63) is 35.6 Å². The molecular weight excluding hydrogens is 247 g/mol. The second-order valence-corrected chi connectivity index (χ2v) is 4.62. The zero-order valence-electron chi connectivity index (χ0n) is 11.4. The van der Waals surface area contributed by atoms with E-state index in [1.807, 2.05) is 0 Å². The fourth-order valence-corrected chi connectivity index (χ4v) is 1.88. The highest BCUT2D eigenvalue weighted by molar-refractivity contribution is 5.97. The van der Waals surface area contributed by atoms with E-state index in [-0.39, 0.29) is 29.7 Å². The van der Waals surface area contributed by atoms with E-state index in [4.69, 9.17) is 0 Å². The number of nitrogens with zero attached hydrogens (tertiary/aromatic N) is 1. The first-order valence-electron chi connectivity index (χ1n) is 6.13. The molecule has 0 saturated heterocycles. The zero-order chi connectivity index (χ0) is 14.4. The lowest BCUT2D eigenvalue weighted by Gasteiger charge is -2.19. The van der Waals surface area contributed by atoms with E-state index in [1.54, 1.807) is 38.1 Å². The van der Waals surface area contributed by atoms with Crippen molar-refractivity contribution in [2.75, 3.05) is 27.2 Å². The van der Waals surface area contributed by atoms with Crippen LogP contribution in [0.5, 0.6) is 0 Å². The van der Waals surface area contributed by atoms with E-state index in [0.717, 1.165) is 0 Å². The lowest BCUT2D eigenvalue weighted by molar-refractivity contribution is -0.124. The van der Waals surface area contributed by atoms with Gasteiger partial charge in [0.2, 0.25) is 5.91 Å². The molecule has 0 saturated carbocycles. The van der Waals surface area contributed by atoms with Crippen LogP contribution in [0.3, 0.4) is 0 Å². The second kappa shape index (κ2) is 6.99. The van der Waals surface area contributed by atoms with Crippen molar-refractivity contribution < 1.29 is 14.0 Å². The Morgan fingerprint density at radius 3 is 2.58 bits per heavy atom. The maximum Gasteiger partial charge on any atom is 0.223 e. The predicted molar refractivity (Wildman–Crippen MR) is 71.5 cm³/mol. The van der Waals surface area contributed by atoms with Crippen LogP contribution in [-0.2, 0) is 4.79 Å². The first-order valence-corrected chi connectivity index (χ1v) is 6.13. The van der Waals surface area contributed by atoms with Gasteiger partial charge in [0, 0.05) is 19.5 Å². The van der Waals surface area contributed by atoms with Crippen LogP contribution in [0.15, 0.2) is 24.3 Å². The Morgan fingerprint density at radius 2 is 2.00 bits per heavy atom. The summed E-state index contributed by atoms with van der Waals surface area (Å²) in [4.78, 5) is 25.0. The molecule has 0 aliphatic rings. The lowest BCUT2D eigenvalue weighted by Crippen LogP contribution is -2.36. The van der Waals surface area contributed by atoms with Gasteiger partial charge in [-0.2, -0.15) is 0 Å². The van der Waals surface area contributed by atoms with E-state index in [1.165, 1.54) is 12.1 Å². The fraction of sp³-hybridized carbons (Fsp3) is 0.429. The third-order valence-corrected chi connectivity index (χ3v) is 2.87. The van der Waals surface area contributed by atoms with Crippen molar-refractivity contribution in [3.8, 4) is 0 Å². The molecule has 5 heteroatoms. The molecule has 1 aromatic carbocycles. The van der Waals surface area contributed by atoms with Gasteiger partial charge in [0.25, 0.3) is 0 Å². The number of hydrogen-bond acceptors (Lipinski definition) is 3. The molecule has 1 N–H and O–H groups in total. The summed E-state index contributed by atoms with van der Waals surface area (Å²) in [6, 6.07) is 5.90. The average molecular weight is 266 g/mol. The molecule has 0 spiro atoms. The van der Waals surface area contributed by atoms with Crippen molar-refractivity contribution in [3.63, 3.8) is 0 Å². The van der Waals surface area contributed by atoms with E-state index < -0.39 is 5.82 Å². The molecule has 0 radical (unpaired) electrons. The standard InChI is InChI=1S/C14H19FN2O2/c1-10(14(19)16-2)8-17(3)9-13(18)11-6-4-5-7-12(11)15/h4-7,10H,8-9H2,1-3H3,(H,16,19). The lowest BCUT2D eigenvalue weighted by atomic mass is 10.1. The molecule has 0 aromatic heterocycles. The van der Waals surface area contributed by atoms with Crippen LogP contribution < -0.4 is 5.32 Å². The van der Waals surface area contributed by atoms with Gasteiger partial charge in [-0.3, -0.25) is 14.5 Å². The van der Waals surface area contributed by atoms with Gasteiger partial charge in [-0.15, -0.1) is 0 Å². The summed E-state index contributed by atoms with van der Waals surface area (Å²) in [7, 11) is 3.31. The van der Waals surface area contributed by atoms with E-state index in [0.29, 0.717) is 6.54 Å². The Labute approximate surface area is 112 Å². The van der Waals surface area contributed by atoms with Crippen molar-refractivity contribution in [1.82, 2.24) is 10.2 Å². The number of hydrogen-bond donors (Lipinski definition) is 1. The minimum atomic E-state index is -0.514. The molecule has 4 nitrogen and oxygen atoms in total. The van der Waals surface area contributed by atoms with E-state index in [2.05, 4.69) is 5.32 Å². The smallest absolute Gasteiger partial charge is 0.223 e. The molecule has 1 aromatic rings. The molecule has 1 amide bonds. The third-order valence-electron chi connectivity index (χ3n) is 2.87. The van der Waals surface area contributed by atoms with Crippen LogP contribution in [0.1, 0.15) is 17.3 Å². The third kappa shape index (κ3) is 4.44. The normalized spacial score (nSPS) is 12.3. The summed E-state index contributed by atoms with van der Waals surface area (Å²) in [5, 5.41) is 2.55. The van der Waals surface area contributed by atoms with E-state index in [9.17, 15) is 14.0 Å². The largest absolute Gasteiger partial charge is 0.359 e. The summed E-state index contributed by atoms with van der Waals surface area (Å²) >= 11 is 0. The highest BCUT2D eigenvalue weighted by Gasteiger charge is 2.17. The number of likely N-dealkylation sites (N-methyl/N-ethyl adjacent to an activating group) is 1. The first-order chi connectivity index (χ1) is 8.95. The molecular formula is C14H19FN2O2. The zero-order valence-corrected chi connectivity index (χ0v) is 11.4. The topological polar surface area (TPSA) is 49.4 Å². The predicted octanol–water partition coefficient (Wildman–Crippen LogP) is 1.32. The summed E-state index contributed by atoms with van der Waals surface area (Å²) < 4.78 is 13.4. The van der Waals surface area contributed by atoms with Gasteiger partial charge < -0.3 is 5.32 Å². The minimum Gasteiger partial charge on any atom is -0.359 e. The molecule has 0 aliphatic carbocycles. The number of halogens is 1. The molecule has 104 valence electrons. The maximum atomic E-state index is 13.4. The molecule has 0 fully saturated rings. The summed E-state index contributed by atoms with van der Waals surface area (Å²) in [5.74, 6) is -1.10. The number of benzene rings is 1. The number of rotatable bonds is 6. The van der Waals surface area contributed by atoms with Crippen LogP contribution in [0.25, 0.3) is 0 Å². The van der Waals surface area contributed by atoms with Gasteiger partial charge in [0.05, 0.1) is 12.1 Å². The molecule has 19 heavy (non-hydrogen) atoms. The number of carbonyl (C=O) groups excluding carboxylic acids is 2. The number of ketones is 1. The van der Waals surface area contributed by atoms with Gasteiger partial charge in [-0.05, 0) is 19.2 Å². The Morgan fingerprint density at radius 1 is 1.37 bits per heavy atom. The van der Waals surface area contributed by atoms with Crippen LogP contribution in [-0.4, -0.2) is 43.8 Å². The minimum absolute atomic E-state index is 0.0785. The van der Waals surface area contributed by atoms with Gasteiger partial charge in [0.15, 0.2) is 5.78 Å². The molecule has 0 aliphatic heterocycles. The van der Waals surface area contributed by atoms with Crippen molar-refractivity contribution in [2.24, 2.45) is 5.92 Å². The van der Waals surface area contributed by atoms with Crippen LogP contribution in [0, 0.1) is 11.7 Å². The van der Waals surface area contributed by atoms with Crippen LogP contribution >= 0.6 is 0 Å². The van der Waals surface area contributed by atoms with Gasteiger partial charge >= 0.3 is 0 Å². The monoisotopic (exact) mass is 266 g/mol. The van der Waals surface area contributed by atoms with Crippen molar-refractivity contribution in [2.45, 2.75) is 6.92 Å². The van der Waals surface area contributed by atoms with E-state index >= 15 is 0 Å². The average Bonchev–Trinajstić information content (AvgIpc) is 2.37. The number of carbonyl (C=O) groups is 2. The highest BCUT2D eigenvalue weighted by atomic mass is 19.1. The second-order valence-electron chi connectivity index (χ2n) is 4.62. The number of Topliss-reactive ketones (excluding diaryl/α,β-unsaturated/α-hetero) is 1. The Balaban J connectivity index is 2.58. The van der Waals surface area contributed by atoms with Crippen LogP contribution in [0.4, 0.5) is 4.39 Å². The molecule has 1 atom stereocenters. The molecule has 1 rings (SSSR count). The number of nitrogens with one attached hydrogen (secondary N) is 1. The summed E-state index contributed by atoms with van der Waals surface area (Å²) in [6.45, 7) is 2.31. The highest BCUT2D eigenvalue weighted by Crippen LogP contribution is 2.08. The van der Waals surface area contributed by atoms with Gasteiger partial charge in [-0.1, -0.05) is 19.1 Å². The summed E-state index contributed by atoms with van der Waals surface area (Å²) in [6.07, 6.45) is 0. The first kappa shape index (κ1) is 15.3. The Bertz CT molecular complexity index is 463. The van der Waals surface area contributed by atoms with Gasteiger partial charge in [0.1, 0.15) is 5.82 Å². The number of amides is 1. The van der Waals surface area contributed by atoms with Gasteiger partial charge in [-0.25, -0.2) is 4.39 Å². The Kier molecular flexibility index (Phi) is 5.63. The molecule has 1 unspecified atom stereocenters. The quantitative estimate of drug-likeness (QED) is 0.790. The Hall–Kier alpha value is -1.75. The van der Waals surface area contributed by atoms with Crippen molar-refractivity contribution in [1.29, 1.82) is 0 Å². The van der Waals surface area contributed by atoms with Crippen molar-refractivity contribution >= 4 is 11.7 Å².